The minimum absolute atomic E-state index is 0.122. The molecule has 0 spiro atoms. The summed E-state index contributed by atoms with van der Waals surface area (Å²) < 4.78 is 37.2. The molecule has 0 fully saturated rings. The van der Waals surface area contributed by atoms with E-state index in [1.54, 1.807) is 26.2 Å². The van der Waals surface area contributed by atoms with Gasteiger partial charge in [0.05, 0.1) is 31.2 Å². The lowest BCUT2D eigenvalue weighted by Crippen LogP contribution is -2.39. The molecule has 1 amide bonds. The first kappa shape index (κ1) is 22.7. The second-order valence-corrected chi connectivity index (χ2v) is 8.73. The Morgan fingerprint density at radius 3 is 2.38 bits per heavy atom. The molecule has 8 heteroatoms. The molecule has 0 saturated carbocycles. The number of rotatable bonds is 9. The van der Waals surface area contributed by atoms with Gasteiger partial charge in [0.1, 0.15) is 11.5 Å². The van der Waals surface area contributed by atoms with E-state index in [1.165, 1.54) is 13.1 Å². The lowest BCUT2D eigenvalue weighted by atomic mass is 10.1. The Labute approximate surface area is 172 Å². The molecule has 0 heterocycles. The largest absolute Gasteiger partial charge is 0.497 e. The predicted octanol–water partition coefficient (Wildman–Crippen LogP) is 2.90. The molecule has 1 atom stereocenters. The van der Waals surface area contributed by atoms with Crippen LogP contribution in [0.1, 0.15) is 31.0 Å². The summed E-state index contributed by atoms with van der Waals surface area (Å²) in [7, 11) is -0.824. The van der Waals surface area contributed by atoms with E-state index in [2.05, 4.69) is 5.32 Å². The zero-order valence-corrected chi connectivity index (χ0v) is 18.2. The zero-order chi connectivity index (χ0) is 21.6. The highest BCUT2D eigenvalue weighted by molar-refractivity contribution is 7.89. The molecule has 158 valence electrons. The summed E-state index contributed by atoms with van der Waals surface area (Å²) in [6, 6.07) is 11.7. The lowest BCUT2D eigenvalue weighted by molar-refractivity contribution is -0.121. The van der Waals surface area contributed by atoms with E-state index >= 15 is 0 Å². The maximum atomic E-state index is 12.8. The maximum absolute atomic E-state index is 12.8. The fourth-order valence-electron chi connectivity index (χ4n) is 2.83. The second kappa shape index (κ2) is 9.76. The minimum Gasteiger partial charge on any atom is -0.497 e. The minimum atomic E-state index is -3.80. The van der Waals surface area contributed by atoms with Crippen LogP contribution in [0.3, 0.4) is 0 Å². The van der Waals surface area contributed by atoms with Crippen LogP contribution in [0.5, 0.6) is 11.5 Å². The molecular formula is C21H28N2O5S. The first-order valence-corrected chi connectivity index (χ1v) is 10.8. The second-order valence-electron chi connectivity index (χ2n) is 6.68. The predicted molar refractivity (Wildman–Crippen MR) is 112 cm³/mol. The van der Waals surface area contributed by atoms with E-state index in [9.17, 15) is 13.2 Å². The number of benzene rings is 2. The fraction of sp³-hybridized carbons (Fsp3) is 0.381. The van der Waals surface area contributed by atoms with Gasteiger partial charge in [-0.15, -0.1) is 0 Å². The Hall–Kier alpha value is -2.58. The van der Waals surface area contributed by atoms with Gasteiger partial charge in [0, 0.05) is 7.05 Å². The van der Waals surface area contributed by atoms with Crippen molar-refractivity contribution in [2.75, 3.05) is 27.3 Å². The number of nitrogens with zero attached hydrogens (tertiary/aromatic N) is 1. The summed E-state index contributed by atoms with van der Waals surface area (Å²) in [5, 5.41) is 2.82. The van der Waals surface area contributed by atoms with Gasteiger partial charge in [0.2, 0.25) is 15.9 Å². The van der Waals surface area contributed by atoms with Crippen LogP contribution in [0, 0.1) is 6.92 Å². The van der Waals surface area contributed by atoms with Crippen molar-refractivity contribution in [2.24, 2.45) is 0 Å². The molecule has 0 aliphatic heterocycles. The van der Waals surface area contributed by atoms with Crippen molar-refractivity contribution in [2.45, 2.75) is 31.7 Å². The molecule has 2 aromatic carbocycles. The maximum Gasteiger partial charge on any atom is 0.243 e. The van der Waals surface area contributed by atoms with Gasteiger partial charge in [-0.3, -0.25) is 4.79 Å². The normalized spacial score (nSPS) is 12.5. The third-order valence-electron chi connectivity index (χ3n) is 4.51. The molecule has 0 aliphatic rings. The van der Waals surface area contributed by atoms with Crippen molar-refractivity contribution in [1.82, 2.24) is 9.62 Å². The monoisotopic (exact) mass is 420 g/mol. The van der Waals surface area contributed by atoms with Gasteiger partial charge in [0.25, 0.3) is 0 Å². The lowest BCUT2D eigenvalue weighted by Gasteiger charge is -2.20. The van der Waals surface area contributed by atoms with Crippen LogP contribution in [0.4, 0.5) is 0 Å². The molecule has 0 aliphatic carbocycles. The van der Waals surface area contributed by atoms with Gasteiger partial charge in [-0.25, -0.2) is 8.42 Å². The topological polar surface area (TPSA) is 84.9 Å². The standard InChI is InChI=1S/C21H28N2O5S/c1-6-28-20-12-11-19(13-15(20)2)29(25,26)23(4)14-21(24)22-16(3)17-7-9-18(27-5)10-8-17/h7-13,16H,6,14H2,1-5H3,(H,22,24)/t16-/m0/s1. The number of amides is 1. The third-order valence-corrected chi connectivity index (χ3v) is 6.31. The van der Waals surface area contributed by atoms with Crippen molar-refractivity contribution in [1.29, 1.82) is 0 Å². The number of hydrogen-bond donors (Lipinski definition) is 1. The Bertz CT molecular complexity index is 942. The molecule has 2 rings (SSSR count). The van der Waals surface area contributed by atoms with Crippen molar-refractivity contribution in [3.8, 4) is 11.5 Å². The molecular weight excluding hydrogens is 392 g/mol. The van der Waals surface area contributed by atoms with Crippen LogP contribution in [0.15, 0.2) is 47.4 Å². The van der Waals surface area contributed by atoms with Crippen molar-refractivity contribution in [3.63, 3.8) is 0 Å². The van der Waals surface area contributed by atoms with Gasteiger partial charge in [-0.05, 0) is 62.2 Å². The number of sulfonamides is 1. The number of nitrogens with one attached hydrogen (secondary N) is 1. The van der Waals surface area contributed by atoms with E-state index in [1.807, 2.05) is 38.1 Å². The fourth-order valence-corrected chi connectivity index (χ4v) is 4.04. The van der Waals surface area contributed by atoms with Crippen LogP contribution in [-0.4, -0.2) is 45.9 Å². The number of carbonyl (C=O) groups is 1. The summed E-state index contributed by atoms with van der Waals surface area (Å²) in [6.07, 6.45) is 0. The van der Waals surface area contributed by atoms with E-state index in [0.717, 1.165) is 21.2 Å². The van der Waals surface area contributed by atoms with Crippen LogP contribution >= 0.6 is 0 Å². The molecule has 2 aromatic rings. The summed E-state index contributed by atoms with van der Waals surface area (Å²) in [4.78, 5) is 12.5. The average Bonchev–Trinajstić information content (AvgIpc) is 2.69. The molecule has 29 heavy (non-hydrogen) atoms. The van der Waals surface area contributed by atoms with Gasteiger partial charge >= 0.3 is 0 Å². The average molecular weight is 421 g/mol. The van der Waals surface area contributed by atoms with E-state index in [4.69, 9.17) is 9.47 Å². The molecule has 0 unspecified atom stereocenters. The summed E-state index contributed by atoms with van der Waals surface area (Å²) in [5.41, 5.74) is 1.62. The highest BCUT2D eigenvalue weighted by Crippen LogP contribution is 2.23. The van der Waals surface area contributed by atoms with Gasteiger partial charge in [-0.1, -0.05) is 12.1 Å². The molecule has 1 N–H and O–H groups in total. The van der Waals surface area contributed by atoms with E-state index < -0.39 is 10.0 Å². The van der Waals surface area contributed by atoms with Gasteiger partial charge < -0.3 is 14.8 Å². The molecule has 0 radical (unpaired) electrons. The summed E-state index contributed by atoms with van der Waals surface area (Å²) >= 11 is 0. The summed E-state index contributed by atoms with van der Waals surface area (Å²) in [6.45, 7) is 5.70. The first-order chi connectivity index (χ1) is 13.7. The molecule has 0 bridgehead atoms. The Balaban J connectivity index is 2.04. The first-order valence-electron chi connectivity index (χ1n) is 9.32. The smallest absolute Gasteiger partial charge is 0.243 e. The van der Waals surface area contributed by atoms with E-state index in [0.29, 0.717) is 12.4 Å². The van der Waals surface area contributed by atoms with Crippen molar-refractivity contribution < 1.29 is 22.7 Å². The van der Waals surface area contributed by atoms with E-state index in [-0.39, 0.29) is 23.4 Å². The van der Waals surface area contributed by atoms with Crippen LogP contribution in [-0.2, 0) is 14.8 Å². The number of hydrogen-bond acceptors (Lipinski definition) is 5. The van der Waals surface area contributed by atoms with Gasteiger partial charge in [-0.2, -0.15) is 4.31 Å². The van der Waals surface area contributed by atoms with Gasteiger partial charge in [0.15, 0.2) is 0 Å². The molecule has 7 nitrogen and oxygen atoms in total. The number of carbonyl (C=O) groups excluding carboxylic acids is 1. The molecule has 0 aromatic heterocycles. The Morgan fingerprint density at radius 1 is 1.17 bits per heavy atom. The van der Waals surface area contributed by atoms with Crippen LogP contribution in [0.2, 0.25) is 0 Å². The Morgan fingerprint density at radius 2 is 1.83 bits per heavy atom. The van der Waals surface area contributed by atoms with Crippen LogP contribution < -0.4 is 14.8 Å². The number of aryl methyl sites for hydroxylation is 1. The SMILES string of the molecule is CCOc1ccc(S(=O)(=O)N(C)CC(=O)N[C@@H](C)c2ccc(OC)cc2)cc1C. The highest BCUT2D eigenvalue weighted by atomic mass is 32.2. The third kappa shape index (κ3) is 5.71. The highest BCUT2D eigenvalue weighted by Gasteiger charge is 2.24. The number of likely N-dealkylation sites (N-methyl/N-ethyl adjacent to an activating group) is 1. The number of ether oxygens (including phenoxy) is 2. The quantitative estimate of drug-likeness (QED) is 0.674. The van der Waals surface area contributed by atoms with Crippen molar-refractivity contribution >= 4 is 15.9 Å². The zero-order valence-electron chi connectivity index (χ0n) is 17.4. The van der Waals surface area contributed by atoms with Crippen molar-refractivity contribution in [3.05, 3.63) is 53.6 Å². The molecule has 0 saturated heterocycles. The Kier molecular flexibility index (Phi) is 7.64. The summed E-state index contributed by atoms with van der Waals surface area (Å²) in [5.74, 6) is 0.978. The van der Waals surface area contributed by atoms with Crippen LogP contribution in [0.25, 0.3) is 0 Å². The number of methoxy groups -OCH3 is 1.